The van der Waals surface area contributed by atoms with Crippen molar-refractivity contribution >= 4 is 0 Å². The van der Waals surface area contributed by atoms with Gasteiger partial charge < -0.3 is 10.1 Å². The minimum atomic E-state index is -0.601. The first kappa shape index (κ1) is 8.50. The highest BCUT2D eigenvalue weighted by molar-refractivity contribution is 5.33. The molecule has 0 atom stereocenters. The molecule has 0 unspecified atom stereocenters. The van der Waals surface area contributed by atoms with E-state index in [2.05, 4.69) is 16.8 Å². The average molecular weight is 167 g/mol. The Morgan fingerprint density at radius 3 is 3.08 bits per heavy atom. The summed E-state index contributed by atoms with van der Waals surface area (Å²) in [5, 5.41) is 8.31. The molecular weight excluding hydrogens is 161 g/mol. The Morgan fingerprint density at radius 2 is 2.42 bits per heavy atom. The van der Waals surface area contributed by atoms with Crippen LogP contribution >= 0.6 is 0 Å². The van der Waals surface area contributed by atoms with Crippen LogP contribution in [0.4, 0.5) is 4.39 Å². The van der Waals surface area contributed by atoms with Crippen LogP contribution in [0.25, 0.3) is 0 Å². The molecule has 4 heteroatoms. The lowest BCUT2D eigenvalue weighted by Crippen LogP contribution is -2.05. The summed E-state index contributed by atoms with van der Waals surface area (Å²) in [7, 11) is 0. The fourth-order valence-corrected chi connectivity index (χ4v) is 0.684. The van der Waals surface area contributed by atoms with E-state index in [1.165, 1.54) is 0 Å². The minimum Gasteiger partial charge on any atom is -0.384 e. The summed E-state index contributed by atoms with van der Waals surface area (Å²) in [6.07, 6.45) is 0.934. The molecule has 62 valence electrons. The number of nitrogens with one attached hydrogen (secondary N) is 1. The highest BCUT2D eigenvalue weighted by atomic mass is 19.1. The summed E-state index contributed by atoms with van der Waals surface area (Å²) in [5.74, 6) is 3.95. The highest BCUT2D eigenvalue weighted by Crippen LogP contribution is 1.98. The zero-order valence-electron chi connectivity index (χ0n) is 6.10. The van der Waals surface area contributed by atoms with Crippen molar-refractivity contribution in [3.8, 4) is 11.8 Å². The Labute approximate surface area is 67.9 Å². The second-order valence-electron chi connectivity index (χ2n) is 2.02. The smallest absolute Gasteiger partial charge is 0.249 e. The zero-order chi connectivity index (χ0) is 8.97. The predicted octanol–water partition coefficient (Wildman–Crippen LogP) is -0.142. The van der Waals surface area contributed by atoms with Crippen molar-refractivity contribution in [3.05, 3.63) is 34.0 Å². The van der Waals surface area contributed by atoms with Crippen LogP contribution in [0.15, 0.2) is 17.1 Å². The SMILES string of the molecule is O=c1cc(C#CCO)c(F)c[nH]1. The van der Waals surface area contributed by atoms with Gasteiger partial charge in [0.25, 0.3) is 0 Å². The van der Waals surface area contributed by atoms with E-state index in [1.807, 2.05) is 0 Å². The molecule has 12 heavy (non-hydrogen) atoms. The van der Waals surface area contributed by atoms with Crippen molar-refractivity contribution in [1.82, 2.24) is 4.98 Å². The molecule has 1 aromatic heterocycles. The summed E-state index contributed by atoms with van der Waals surface area (Å²) in [5.41, 5.74) is -0.425. The first-order valence-corrected chi connectivity index (χ1v) is 3.22. The number of aromatic amines is 1. The molecule has 0 radical (unpaired) electrons. The number of pyridine rings is 1. The van der Waals surface area contributed by atoms with Crippen LogP contribution in [0, 0.1) is 17.7 Å². The van der Waals surface area contributed by atoms with E-state index in [4.69, 9.17) is 5.11 Å². The maximum Gasteiger partial charge on any atom is 0.249 e. The van der Waals surface area contributed by atoms with Gasteiger partial charge in [0, 0.05) is 12.3 Å². The Morgan fingerprint density at radius 1 is 1.67 bits per heavy atom. The average Bonchev–Trinajstić information content (AvgIpc) is 2.07. The maximum atomic E-state index is 12.7. The van der Waals surface area contributed by atoms with E-state index in [-0.39, 0.29) is 12.2 Å². The van der Waals surface area contributed by atoms with Crippen molar-refractivity contribution in [2.45, 2.75) is 0 Å². The summed E-state index contributed by atoms with van der Waals surface area (Å²) >= 11 is 0. The second kappa shape index (κ2) is 3.69. The third-order valence-electron chi connectivity index (χ3n) is 1.18. The minimum absolute atomic E-state index is 0.00667. The van der Waals surface area contributed by atoms with Crippen LogP contribution in [0.2, 0.25) is 0 Å². The van der Waals surface area contributed by atoms with Crippen LogP contribution in [0.1, 0.15) is 5.56 Å². The number of aliphatic hydroxyl groups is 1. The molecule has 0 aliphatic carbocycles. The van der Waals surface area contributed by atoms with Gasteiger partial charge in [-0.1, -0.05) is 11.8 Å². The van der Waals surface area contributed by atoms with Crippen molar-refractivity contribution in [1.29, 1.82) is 0 Å². The number of rotatable bonds is 0. The number of halogens is 1. The third-order valence-corrected chi connectivity index (χ3v) is 1.18. The van der Waals surface area contributed by atoms with Crippen LogP contribution in [-0.2, 0) is 0 Å². The Hall–Kier alpha value is -1.60. The Bertz CT molecular complexity index is 386. The molecular formula is C8H6FNO2. The largest absolute Gasteiger partial charge is 0.384 e. The lowest BCUT2D eigenvalue weighted by atomic mass is 10.2. The van der Waals surface area contributed by atoms with Crippen molar-refractivity contribution in [2.24, 2.45) is 0 Å². The van der Waals surface area contributed by atoms with Gasteiger partial charge in [-0.2, -0.15) is 0 Å². The quantitative estimate of drug-likeness (QED) is 0.528. The highest BCUT2D eigenvalue weighted by Gasteiger charge is 1.97. The van der Waals surface area contributed by atoms with Gasteiger partial charge in [-0.05, 0) is 0 Å². The second-order valence-corrected chi connectivity index (χ2v) is 2.02. The normalized spacial score (nSPS) is 8.83. The van der Waals surface area contributed by atoms with Crippen molar-refractivity contribution < 1.29 is 9.50 Å². The third kappa shape index (κ3) is 1.94. The molecule has 0 fully saturated rings. The summed E-state index contributed by atoms with van der Waals surface area (Å²) in [6.45, 7) is -0.355. The predicted molar refractivity (Wildman–Crippen MR) is 41.0 cm³/mol. The molecule has 2 N–H and O–H groups in total. The number of H-pyrrole nitrogens is 1. The van der Waals surface area contributed by atoms with Crippen molar-refractivity contribution in [2.75, 3.05) is 6.61 Å². The molecule has 0 aromatic carbocycles. The van der Waals surface area contributed by atoms with Gasteiger partial charge in [-0.25, -0.2) is 4.39 Å². The first-order chi connectivity index (χ1) is 5.74. The van der Waals surface area contributed by atoms with Gasteiger partial charge >= 0.3 is 0 Å². The number of hydrogen-bond acceptors (Lipinski definition) is 2. The topological polar surface area (TPSA) is 53.1 Å². The summed E-state index contributed by atoms with van der Waals surface area (Å²) in [4.78, 5) is 12.8. The van der Waals surface area contributed by atoms with Gasteiger partial charge in [0.05, 0.1) is 5.56 Å². The molecule has 0 saturated carbocycles. The van der Waals surface area contributed by atoms with E-state index < -0.39 is 11.4 Å². The van der Waals surface area contributed by atoms with Crippen LogP contribution in [0.5, 0.6) is 0 Å². The summed E-state index contributed by atoms with van der Waals surface area (Å²) in [6, 6.07) is 1.04. The zero-order valence-corrected chi connectivity index (χ0v) is 6.10. The molecule has 0 aliphatic heterocycles. The maximum absolute atomic E-state index is 12.7. The number of aliphatic hydroxyl groups excluding tert-OH is 1. The molecule has 1 heterocycles. The van der Waals surface area contributed by atoms with E-state index >= 15 is 0 Å². The van der Waals surface area contributed by atoms with Crippen molar-refractivity contribution in [3.63, 3.8) is 0 Å². The Balaban J connectivity index is 3.14. The fourth-order valence-electron chi connectivity index (χ4n) is 0.684. The van der Waals surface area contributed by atoms with Gasteiger partial charge in [-0.15, -0.1) is 0 Å². The van der Waals surface area contributed by atoms with Crippen LogP contribution in [-0.4, -0.2) is 16.7 Å². The first-order valence-electron chi connectivity index (χ1n) is 3.22. The van der Waals surface area contributed by atoms with E-state index in [1.54, 1.807) is 0 Å². The van der Waals surface area contributed by atoms with E-state index in [0.29, 0.717) is 0 Å². The number of aromatic nitrogens is 1. The molecule has 1 aromatic rings. The molecule has 0 bridgehead atoms. The fraction of sp³-hybridized carbons (Fsp3) is 0.125. The molecule has 3 nitrogen and oxygen atoms in total. The Kier molecular flexibility index (Phi) is 2.62. The van der Waals surface area contributed by atoms with Gasteiger partial charge in [-0.3, -0.25) is 4.79 Å². The molecule has 0 aliphatic rings. The van der Waals surface area contributed by atoms with E-state index in [0.717, 1.165) is 12.3 Å². The van der Waals surface area contributed by atoms with Crippen LogP contribution < -0.4 is 5.56 Å². The standard InChI is InChI=1S/C8H6FNO2/c9-7-5-10-8(12)4-6(7)2-1-3-11/h4-5,11H,3H2,(H,10,12). The molecule has 0 saturated heterocycles. The molecule has 1 rings (SSSR count). The monoisotopic (exact) mass is 167 g/mol. The lowest BCUT2D eigenvalue weighted by Gasteiger charge is -1.90. The summed E-state index contributed by atoms with van der Waals surface area (Å²) < 4.78 is 12.7. The van der Waals surface area contributed by atoms with E-state index in [9.17, 15) is 9.18 Å². The lowest BCUT2D eigenvalue weighted by molar-refractivity contribution is 0.350. The van der Waals surface area contributed by atoms with Gasteiger partial charge in [0.1, 0.15) is 6.61 Å². The number of hydrogen-bond donors (Lipinski definition) is 2. The van der Waals surface area contributed by atoms with Gasteiger partial charge in [0.2, 0.25) is 5.56 Å². The molecule has 0 spiro atoms. The molecule has 0 amide bonds. The van der Waals surface area contributed by atoms with Crippen LogP contribution in [0.3, 0.4) is 0 Å². The van der Waals surface area contributed by atoms with Gasteiger partial charge in [0.15, 0.2) is 5.82 Å².